The molecule has 1 N–H and O–H groups in total. The Labute approximate surface area is 115 Å². The maximum absolute atomic E-state index is 5.94. The predicted octanol–water partition coefficient (Wildman–Crippen LogP) is 3.47. The average Bonchev–Trinajstić information content (AvgIpc) is 2.67. The number of likely N-dealkylation sites (N-methyl/N-ethyl adjacent to an activating group) is 1. The summed E-state index contributed by atoms with van der Waals surface area (Å²) in [6, 6.07) is 9.30. The number of hydrogen-bond donors (Lipinski definition) is 1. The molecule has 1 aromatic rings. The Hall–Kier alpha value is -0.570. The van der Waals surface area contributed by atoms with Crippen LogP contribution in [0.1, 0.15) is 37.8 Å². The third-order valence-corrected chi connectivity index (χ3v) is 4.31. The third-order valence-electron chi connectivity index (χ3n) is 4.06. The van der Waals surface area contributed by atoms with Gasteiger partial charge in [-0.2, -0.15) is 0 Å². The lowest BCUT2D eigenvalue weighted by atomic mass is 10.0. The van der Waals surface area contributed by atoms with Crippen LogP contribution < -0.4 is 5.32 Å². The minimum Gasteiger partial charge on any atom is -0.315 e. The Kier molecular flexibility index (Phi) is 5.04. The van der Waals surface area contributed by atoms with Gasteiger partial charge in [-0.25, -0.2) is 0 Å². The van der Waals surface area contributed by atoms with Crippen LogP contribution in [-0.2, 0) is 0 Å². The maximum atomic E-state index is 5.94. The topological polar surface area (TPSA) is 15.3 Å². The van der Waals surface area contributed by atoms with E-state index in [1.165, 1.54) is 31.4 Å². The number of nitrogens with zero attached hydrogens (tertiary/aromatic N) is 1. The van der Waals surface area contributed by atoms with Crippen LogP contribution in [-0.4, -0.2) is 31.1 Å². The van der Waals surface area contributed by atoms with Crippen molar-refractivity contribution in [2.45, 2.75) is 38.3 Å². The molecule has 100 valence electrons. The first kappa shape index (κ1) is 13.9. The first-order chi connectivity index (χ1) is 8.68. The molecule has 0 spiro atoms. The zero-order valence-electron chi connectivity index (χ0n) is 11.3. The van der Waals surface area contributed by atoms with Crippen molar-refractivity contribution in [1.82, 2.24) is 10.2 Å². The summed E-state index contributed by atoms with van der Waals surface area (Å²) >= 11 is 5.94. The van der Waals surface area contributed by atoms with Crippen molar-refractivity contribution in [3.8, 4) is 0 Å². The van der Waals surface area contributed by atoms with Crippen molar-refractivity contribution in [2.24, 2.45) is 0 Å². The Morgan fingerprint density at radius 1 is 1.28 bits per heavy atom. The van der Waals surface area contributed by atoms with E-state index >= 15 is 0 Å². The van der Waals surface area contributed by atoms with Gasteiger partial charge in [-0.15, -0.1) is 0 Å². The molecule has 0 amide bonds. The molecule has 2 nitrogen and oxygen atoms in total. The fourth-order valence-corrected chi connectivity index (χ4v) is 2.77. The summed E-state index contributed by atoms with van der Waals surface area (Å²) in [6.07, 6.45) is 3.93. The summed E-state index contributed by atoms with van der Waals surface area (Å²) in [5, 5.41) is 4.34. The molecule has 1 aliphatic rings. The van der Waals surface area contributed by atoms with Gasteiger partial charge in [0.05, 0.1) is 0 Å². The minimum absolute atomic E-state index is 0.437. The molecule has 1 aliphatic heterocycles. The molecule has 1 heterocycles. The molecule has 1 saturated heterocycles. The van der Waals surface area contributed by atoms with Gasteiger partial charge in [-0.3, -0.25) is 4.90 Å². The van der Waals surface area contributed by atoms with Crippen LogP contribution in [0, 0.1) is 0 Å². The Morgan fingerprint density at radius 3 is 2.72 bits per heavy atom. The van der Waals surface area contributed by atoms with Crippen LogP contribution in [0.25, 0.3) is 0 Å². The Bertz CT molecular complexity index is 355. The van der Waals surface area contributed by atoms with Crippen LogP contribution >= 0.6 is 11.6 Å². The van der Waals surface area contributed by atoms with Gasteiger partial charge in [0.2, 0.25) is 0 Å². The maximum Gasteiger partial charge on any atom is 0.0406 e. The highest BCUT2D eigenvalue weighted by Gasteiger charge is 2.21. The van der Waals surface area contributed by atoms with E-state index in [0.717, 1.165) is 11.6 Å². The van der Waals surface area contributed by atoms with Crippen molar-refractivity contribution < 1.29 is 0 Å². The van der Waals surface area contributed by atoms with E-state index in [2.05, 4.69) is 36.3 Å². The van der Waals surface area contributed by atoms with Crippen molar-refractivity contribution >= 4 is 11.6 Å². The largest absolute Gasteiger partial charge is 0.315 e. The van der Waals surface area contributed by atoms with Gasteiger partial charge in [0, 0.05) is 23.7 Å². The van der Waals surface area contributed by atoms with Crippen molar-refractivity contribution in [2.75, 3.05) is 20.1 Å². The zero-order chi connectivity index (χ0) is 13.0. The molecule has 0 radical (unpaired) electrons. The zero-order valence-corrected chi connectivity index (χ0v) is 12.1. The summed E-state index contributed by atoms with van der Waals surface area (Å²) in [6.45, 7) is 4.54. The first-order valence-electron chi connectivity index (χ1n) is 6.86. The van der Waals surface area contributed by atoms with Crippen molar-refractivity contribution in [3.05, 3.63) is 34.9 Å². The SMILES string of the molecule is CC(c1ccc(Cl)cc1)N(C)C1CCCCNC1. The van der Waals surface area contributed by atoms with Gasteiger partial charge in [-0.1, -0.05) is 30.2 Å². The second-order valence-corrected chi connectivity index (χ2v) is 5.68. The van der Waals surface area contributed by atoms with E-state index in [1.807, 2.05) is 12.1 Å². The number of hydrogen-bond acceptors (Lipinski definition) is 2. The van der Waals surface area contributed by atoms with Crippen molar-refractivity contribution in [1.29, 1.82) is 0 Å². The van der Waals surface area contributed by atoms with Gasteiger partial charge < -0.3 is 5.32 Å². The second-order valence-electron chi connectivity index (χ2n) is 5.25. The minimum atomic E-state index is 0.437. The van der Waals surface area contributed by atoms with E-state index in [-0.39, 0.29) is 0 Å². The highest BCUT2D eigenvalue weighted by atomic mass is 35.5. The molecule has 1 aromatic carbocycles. The van der Waals surface area contributed by atoms with Gasteiger partial charge in [0.15, 0.2) is 0 Å². The van der Waals surface area contributed by atoms with Gasteiger partial charge in [0.1, 0.15) is 0 Å². The fourth-order valence-electron chi connectivity index (χ4n) is 2.64. The summed E-state index contributed by atoms with van der Waals surface area (Å²) in [5.41, 5.74) is 1.34. The smallest absolute Gasteiger partial charge is 0.0406 e. The van der Waals surface area contributed by atoms with Crippen LogP contribution in [0.4, 0.5) is 0 Å². The molecule has 3 heteroatoms. The van der Waals surface area contributed by atoms with E-state index in [9.17, 15) is 0 Å². The van der Waals surface area contributed by atoms with E-state index in [0.29, 0.717) is 12.1 Å². The van der Waals surface area contributed by atoms with Crippen LogP contribution in [0.3, 0.4) is 0 Å². The van der Waals surface area contributed by atoms with E-state index in [4.69, 9.17) is 11.6 Å². The predicted molar refractivity (Wildman–Crippen MR) is 78.1 cm³/mol. The molecule has 2 atom stereocenters. The Morgan fingerprint density at radius 2 is 2.00 bits per heavy atom. The average molecular weight is 267 g/mol. The fraction of sp³-hybridized carbons (Fsp3) is 0.600. The molecule has 1 fully saturated rings. The molecular formula is C15H23ClN2. The summed E-state index contributed by atoms with van der Waals surface area (Å²) < 4.78 is 0. The van der Waals surface area contributed by atoms with Crippen LogP contribution in [0.5, 0.6) is 0 Å². The number of halogens is 1. The highest BCUT2D eigenvalue weighted by Crippen LogP contribution is 2.24. The summed E-state index contributed by atoms with van der Waals surface area (Å²) in [5.74, 6) is 0. The lowest BCUT2D eigenvalue weighted by Crippen LogP contribution is -2.40. The number of rotatable bonds is 3. The van der Waals surface area contributed by atoms with Gasteiger partial charge in [0.25, 0.3) is 0 Å². The highest BCUT2D eigenvalue weighted by molar-refractivity contribution is 6.30. The molecule has 2 rings (SSSR count). The van der Waals surface area contributed by atoms with Crippen LogP contribution in [0.15, 0.2) is 24.3 Å². The standard InChI is InChI=1S/C15H23ClN2/c1-12(13-6-8-14(16)9-7-13)18(2)15-5-3-4-10-17-11-15/h6-9,12,15,17H,3-5,10-11H2,1-2H3. The van der Waals surface area contributed by atoms with Crippen molar-refractivity contribution in [3.63, 3.8) is 0 Å². The molecule has 0 aromatic heterocycles. The normalized spacial score (nSPS) is 22.8. The molecule has 0 saturated carbocycles. The quantitative estimate of drug-likeness (QED) is 0.901. The van der Waals surface area contributed by atoms with Crippen LogP contribution in [0.2, 0.25) is 5.02 Å². The Balaban J connectivity index is 2.02. The van der Waals surface area contributed by atoms with Gasteiger partial charge >= 0.3 is 0 Å². The molecule has 0 aliphatic carbocycles. The second kappa shape index (κ2) is 6.55. The summed E-state index contributed by atoms with van der Waals surface area (Å²) in [4.78, 5) is 2.49. The third kappa shape index (κ3) is 3.47. The number of benzene rings is 1. The molecule has 0 bridgehead atoms. The molecule has 18 heavy (non-hydrogen) atoms. The molecule has 2 unspecified atom stereocenters. The number of nitrogens with one attached hydrogen (secondary N) is 1. The monoisotopic (exact) mass is 266 g/mol. The molecular weight excluding hydrogens is 244 g/mol. The van der Waals surface area contributed by atoms with E-state index in [1.54, 1.807) is 0 Å². The first-order valence-corrected chi connectivity index (χ1v) is 7.24. The lowest BCUT2D eigenvalue weighted by Gasteiger charge is -2.33. The summed E-state index contributed by atoms with van der Waals surface area (Å²) in [7, 11) is 2.23. The van der Waals surface area contributed by atoms with E-state index < -0.39 is 0 Å². The lowest BCUT2D eigenvalue weighted by molar-refractivity contribution is 0.176. The van der Waals surface area contributed by atoms with Gasteiger partial charge in [-0.05, 0) is 51.1 Å².